The molecule has 52 valence electrons. The quantitative estimate of drug-likeness (QED) is 0.693. The van der Waals surface area contributed by atoms with E-state index in [4.69, 9.17) is 0 Å². The van der Waals surface area contributed by atoms with Crippen LogP contribution in [0.25, 0.3) is 6.08 Å². The van der Waals surface area contributed by atoms with Gasteiger partial charge in [-0.25, -0.2) is 0 Å². The highest BCUT2D eigenvalue weighted by atomic mass is 127. The van der Waals surface area contributed by atoms with E-state index >= 15 is 0 Å². The molecule has 1 nitrogen and oxygen atoms in total. The first-order chi connectivity index (χ1) is 4.84. The van der Waals surface area contributed by atoms with Crippen LogP contribution in [-0.2, 0) is 0 Å². The first-order valence-electron chi connectivity index (χ1n) is 3.03. The minimum absolute atomic E-state index is 1.08. The minimum atomic E-state index is 1.08. The third-order valence-corrected chi connectivity index (χ3v) is 1.65. The van der Waals surface area contributed by atoms with Gasteiger partial charge in [0.25, 0.3) is 0 Å². The lowest BCUT2D eigenvalue weighted by Crippen LogP contribution is -1.82. The molecule has 0 spiro atoms. The molecule has 0 aromatic carbocycles. The highest BCUT2D eigenvalue weighted by Crippen LogP contribution is 2.06. The van der Waals surface area contributed by atoms with Crippen molar-refractivity contribution in [2.45, 2.75) is 6.92 Å². The van der Waals surface area contributed by atoms with Crippen LogP contribution in [0.1, 0.15) is 11.3 Å². The van der Waals surface area contributed by atoms with Gasteiger partial charge in [0.05, 0.1) is 0 Å². The second kappa shape index (κ2) is 3.71. The molecule has 1 rings (SSSR count). The molecule has 0 bridgehead atoms. The molecule has 0 aliphatic carbocycles. The molecule has 0 aliphatic heterocycles. The monoisotopic (exact) mass is 245 g/mol. The lowest BCUT2D eigenvalue weighted by atomic mass is 10.2. The van der Waals surface area contributed by atoms with E-state index in [-0.39, 0.29) is 0 Å². The number of aromatic nitrogens is 1. The summed E-state index contributed by atoms with van der Waals surface area (Å²) in [5.74, 6) is 0. The number of aryl methyl sites for hydroxylation is 1. The SMILES string of the molecule is Cc1ncccc1/C=C\I. The summed E-state index contributed by atoms with van der Waals surface area (Å²) in [6.07, 6.45) is 3.85. The van der Waals surface area contributed by atoms with Crippen molar-refractivity contribution in [1.82, 2.24) is 4.98 Å². The Morgan fingerprint density at radius 1 is 1.60 bits per heavy atom. The van der Waals surface area contributed by atoms with Gasteiger partial charge < -0.3 is 0 Å². The van der Waals surface area contributed by atoms with E-state index in [1.165, 1.54) is 5.56 Å². The van der Waals surface area contributed by atoms with E-state index in [1.807, 2.05) is 23.1 Å². The van der Waals surface area contributed by atoms with Crippen LogP contribution in [0, 0.1) is 6.92 Å². The summed E-state index contributed by atoms with van der Waals surface area (Å²) in [4.78, 5) is 4.14. The number of pyridine rings is 1. The number of rotatable bonds is 1. The van der Waals surface area contributed by atoms with E-state index in [0.29, 0.717) is 0 Å². The van der Waals surface area contributed by atoms with Gasteiger partial charge in [-0.05, 0) is 28.7 Å². The molecule has 10 heavy (non-hydrogen) atoms. The van der Waals surface area contributed by atoms with Crippen molar-refractivity contribution in [2.75, 3.05) is 0 Å². The van der Waals surface area contributed by atoms with Gasteiger partial charge in [0.2, 0.25) is 0 Å². The molecule has 1 heterocycles. The predicted octanol–water partition coefficient (Wildman–Crippen LogP) is 2.80. The summed E-state index contributed by atoms with van der Waals surface area (Å²) in [6, 6.07) is 4.00. The van der Waals surface area contributed by atoms with Gasteiger partial charge in [0, 0.05) is 11.9 Å². The lowest BCUT2D eigenvalue weighted by Gasteiger charge is -1.94. The van der Waals surface area contributed by atoms with Crippen LogP contribution in [0.15, 0.2) is 22.4 Å². The summed E-state index contributed by atoms with van der Waals surface area (Å²) in [7, 11) is 0. The van der Waals surface area contributed by atoms with Crippen molar-refractivity contribution in [3.63, 3.8) is 0 Å². The van der Waals surface area contributed by atoms with Gasteiger partial charge in [-0.1, -0.05) is 28.7 Å². The maximum Gasteiger partial charge on any atom is 0.0445 e. The van der Waals surface area contributed by atoms with Gasteiger partial charge >= 0.3 is 0 Å². The molecular weight excluding hydrogens is 237 g/mol. The number of halogens is 1. The normalized spacial score (nSPS) is 10.6. The van der Waals surface area contributed by atoms with Crippen molar-refractivity contribution >= 4 is 28.7 Å². The van der Waals surface area contributed by atoms with Crippen LogP contribution in [-0.4, -0.2) is 4.98 Å². The van der Waals surface area contributed by atoms with Crippen LogP contribution in [0.4, 0.5) is 0 Å². The standard InChI is InChI=1S/C8H8IN/c1-7-8(4-5-9)3-2-6-10-7/h2-6H,1H3/b5-4-. The third-order valence-electron chi connectivity index (χ3n) is 1.29. The van der Waals surface area contributed by atoms with Crippen LogP contribution < -0.4 is 0 Å². The fraction of sp³-hybridized carbons (Fsp3) is 0.125. The third kappa shape index (κ3) is 1.80. The Kier molecular flexibility index (Phi) is 2.86. The maximum absolute atomic E-state index is 4.14. The summed E-state index contributed by atoms with van der Waals surface area (Å²) in [6.45, 7) is 2.01. The molecule has 2 heteroatoms. The van der Waals surface area contributed by atoms with Crippen molar-refractivity contribution < 1.29 is 0 Å². The average molecular weight is 245 g/mol. The number of hydrogen-bond acceptors (Lipinski definition) is 1. The zero-order valence-corrected chi connectivity index (χ0v) is 7.87. The number of hydrogen-bond donors (Lipinski definition) is 0. The minimum Gasteiger partial charge on any atom is -0.261 e. The zero-order chi connectivity index (χ0) is 7.40. The van der Waals surface area contributed by atoms with Crippen LogP contribution in [0.2, 0.25) is 0 Å². The Morgan fingerprint density at radius 2 is 2.40 bits per heavy atom. The summed E-state index contributed by atoms with van der Waals surface area (Å²) in [5.41, 5.74) is 2.27. The molecule has 0 radical (unpaired) electrons. The molecule has 0 saturated carbocycles. The Hall–Kier alpha value is -0.380. The van der Waals surface area contributed by atoms with E-state index < -0.39 is 0 Å². The summed E-state index contributed by atoms with van der Waals surface area (Å²) in [5, 5.41) is 0. The molecule has 0 unspecified atom stereocenters. The van der Waals surface area contributed by atoms with Gasteiger partial charge in [-0.3, -0.25) is 4.98 Å². The molecule has 1 aromatic heterocycles. The van der Waals surface area contributed by atoms with Crippen molar-refractivity contribution in [3.05, 3.63) is 33.7 Å². The van der Waals surface area contributed by atoms with E-state index in [0.717, 1.165) is 5.69 Å². The Labute approximate surface area is 74.3 Å². The Morgan fingerprint density at radius 3 is 3.00 bits per heavy atom. The average Bonchev–Trinajstić information content (AvgIpc) is 1.94. The molecule has 1 aromatic rings. The van der Waals surface area contributed by atoms with Crippen LogP contribution >= 0.6 is 22.6 Å². The fourth-order valence-corrected chi connectivity index (χ4v) is 1.13. The smallest absolute Gasteiger partial charge is 0.0445 e. The lowest BCUT2D eigenvalue weighted by molar-refractivity contribution is 1.19. The highest BCUT2D eigenvalue weighted by Gasteiger charge is 1.89. The fourth-order valence-electron chi connectivity index (χ4n) is 0.741. The molecule has 0 atom stereocenters. The van der Waals surface area contributed by atoms with Gasteiger partial charge in [0.15, 0.2) is 0 Å². The second-order valence-electron chi connectivity index (χ2n) is 1.97. The topological polar surface area (TPSA) is 12.9 Å². The largest absolute Gasteiger partial charge is 0.261 e. The highest BCUT2D eigenvalue weighted by molar-refractivity contribution is 14.1. The van der Waals surface area contributed by atoms with Gasteiger partial charge in [0.1, 0.15) is 0 Å². The second-order valence-corrected chi connectivity index (χ2v) is 2.69. The first-order valence-corrected chi connectivity index (χ1v) is 4.27. The summed E-state index contributed by atoms with van der Waals surface area (Å²) >= 11 is 2.20. The van der Waals surface area contributed by atoms with E-state index in [2.05, 4.69) is 33.6 Å². The van der Waals surface area contributed by atoms with Crippen LogP contribution in [0.5, 0.6) is 0 Å². The molecular formula is C8H8IN. The Bertz CT molecular complexity index is 243. The van der Waals surface area contributed by atoms with E-state index in [9.17, 15) is 0 Å². The van der Waals surface area contributed by atoms with E-state index in [1.54, 1.807) is 6.20 Å². The van der Waals surface area contributed by atoms with Crippen LogP contribution in [0.3, 0.4) is 0 Å². The van der Waals surface area contributed by atoms with Crippen molar-refractivity contribution in [2.24, 2.45) is 0 Å². The predicted molar refractivity (Wildman–Crippen MR) is 52.0 cm³/mol. The maximum atomic E-state index is 4.14. The summed E-state index contributed by atoms with van der Waals surface area (Å²) < 4.78 is 1.99. The zero-order valence-electron chi connectivity index (χ0n) is 5.71. The number of nitrogens with zero attached hydrogens (tertiary/aromatic N) is 1. The molecule has 0 saturated heterocycles. The molecule has 0 fully saturated rings. The van der Waals surface area contributed by atoms with Gasteiger partial charge in [-0.2, -0.15) is 0 Å². The molecule has 0 N–H and O–H groups in total. The Balaban J connectivity index is 3.03. The molecule has 0 aliphatic rings. The molecule has 0 amide bonds. The van der Waals surface area contributed by atoms with Crippen molar-refractivity contribution in [1.29, 1.82) is 0 Å². The van der Waals surface area contributed by atoms with Crippen molar-refractivity contribution in [3.8, 4) is 0 Å². The first kappa shape index (κ1) is 7.72. The van der Waals surface area contributed by atoms with Gasteiger partial charge in [-0.15, -0.1) is 0 Å².